The van der Waals surface area contributed by atoms with Crippen LogP contribution in [-0.2, 0) is 22.5 Å². The van der Waals surface area contributed by atoms with Gasteiger partial charge in [-0.05, 0) is 62.6 Å². The highest BCUT2D eigenvalue weighted by Crippen LogP contribution is 2.42. The van der Waals surface area contributed by atoms with E-state index in [-0.39, 0.29) is 17.5 Å². The van der Waals surface area contributed by atoms with E-state index < -0.39 is 0 Å². The number of allylic oxidation sites excluding steroid dienone is 2. The van der Waals surface area contributed by atoms with Gasteiger partial charge in [-0.15, -0.1) is 0 Å². The van der Waals surface area contributed by atoms with E-state index in [1.165, 1.54) is 11.1 Å². The average molecular weight is 405 g/mol. The lowest BCUT2D eigenvalue weighted by atomic mass is 9.77. The lowest BCUT2D eigenvalue weighted by Crippen LogP contribution is -2.25. The van der Waals surface area contributed by atoms with Crippen LogP contribution >= 0.6 is 11.6 Å². The largest absolute Gasteiger partial charge is 0.511 e. The SMILES string of the molecule is CCCC(=NOCC)C1=C(O)CC(c2c(Cl)nc(C)c3c2CCCC3)CC1=O. The fourth-order valence-corrected chi connectivity index (χ4v) is 4.83. The first-order valence-corrected chi connectivity index (χ1v) is 10.7. The lowest BCUT2D eigenvalue weighted by Gasteiger charge is -2.29. The molecule has 1 unspecified atom stereocenters. The van der Waals surface area contributed by atoms with Crippen LogP contribution in [0.2, 0.25) is 5.15 Å². The number of hydrogen-bond donors (Lipinski definition) is 1. The second-order valence-electron chi connectivity index (χ2n) is 7.62. The summed E-state index contributed by atoms with van der Waals surface area (Å²) in [5, 5.41) is 15.3. The highest BCUT2D eigenvalue weighted by Gasteiger charge is 2.35. The van der Waals surface area contributed by atoms with Gasteiger partial charge in [-0.25, -0.2) is 4.98 Å². The molecule has 1 N–H and O–H groups in total. The minimum Gasteiger partial charge on any atom is -0.511 e. The van der Waals surface area contributed by atoms with Crippen LogP contribution in [0.5, 0.6) is 0 Å². The molecular formula is C22H29ClN2O3. The Labute approximate surface area is 171 Å². The molecule has 28 heavy (non-hydrogen) atoms. The summed E-state index contributed by atoms with van der Waals surface area (Å²) in [4.78, 5) is 22.7. The minimum absolute atomic E-state index is 0.0920. The molecule has 2 aliphatic rings. The molecule has 0 saturated heterocycles. The molecule has 6 heteroatoms. The number of Topliss-reactive ketones (excluding diaryl/α,β-unsaturated/α-hetero) is 1. The summed E-state index contributed by atoms with van der Waals surface area (Å²) in [5.41, 5.74) is 5.34. The first kappa shape index (κ1) is 20.8. The van der Waals surface area contributed by atoms with Crippen LogP contribution in [0.25, 0.3) is 0 Å². The topological polar surface area (TPSA) is 71.8 Å². The summed E-state index contributed by atoms with van der Waals surface area (Å²) in [6.45, 7) is 6.28. The van der Waals surface area contributed by atoms with E-state index in [9.17, 15) is 9.90 Å². The van der Waals surface area contributed by atoms with Gasteiger partial charge in [0.05, 0.1) is 11.3 Å². The molecule has 3 rings (SSSR count). The Morgan fingerprint density at radius 1 is 1.25 bits per heavy atom. The Hall–Kier alpha value is -1.88. The molecule has 0 aliphatic heterocycles. The van der Waals surface area contributed by atoms with Gasteiger partial charge in [0.2, 0.25) is 0 Å². The molecule has 0 radical (unpaired) electrons. The third-order valence-corrected chi connectivity index (χ3v) is 5.93. The van der Waals surface area contributed by atoms with Gasteiger partial charge >= 0.3 is 0 Å². The predicted octanol–water partition coefficient (Wildman–Crippen LogP) is 5.37. The smallest absolute Gasteiger partial charge is 0.168 e. The van der Waals surface area contributed by atoms with E-state index in [2.05, 4.69) is 10.1 Å². The second kappa shape index (κ2) is 9.08. The summed E-state index contributed by atoms with van der Waals surface area (Å²) >= 11 is 6.55. The zero-order valence-corrected chi connectivity index (χ0v) is 17.7. The lowest BCUT2D eigenvalue weighted by molar-refractivity contribution is -0.116. The van der Waals surface area contributed by atoms with Crippen molar-refractivity contribution >= 4 is 23.1 Å². The van der Waals surface area contributed by atoms with E-state index in [0.717, 1.165) is 43.4 Å². The van der Waals surface area contributed by atoms with Gasteiger partial charge in [-0.3, -0.25) is 4.79 Å². The molecule has 1 aromatic rings. The molecule has 2 aliphatic carbocycles. The number of carbonyl (C=O) groups excluding carboxylic acids is 1. The Morgan fingerprint density at radius 3 is 2.61 bits per heavy atom. The number of pyridine rings is 1. The number of nitrogens with zero attached hydrogens (tertiary/aromatic N) is 2. The van der Waals surface area contributed by atoms with Gasteiger partial charge in [-0.2, -0.15) is 0 Å². The molecule has 0 saturated carbocycles. The maximum Gasteiger partial charge on any atom is 0.168 e. The normalized spacial score (nSPS) is 20.4. The third-order valence-electron chi connectivity index (χ3n) is 5.64. The molecule has 1 atom stereocenters. The van der Waals surface area contributed by atoms with Crippen molar-refractivity contribution in [3.05, 3.63) is 38.9 Å². The second-order valence-corrected chi connectivity index (χ2v) is 7.98. The van der Waals surface area contributed by atoms with E-state index in [4.69, 9.17) is 16.4 Å². The van der Waals surface area contributed by atoms with E-state index >= 15 is 0 Å². The number of rotatable bonds is 6. The molecule has 0 spiro atoms. The van der Waals surface area contributed by atoms with E-state index in [1.54, 1.807) is 0 Å². The van der Waals surface area contributed by atoms with Crippen LogP contribution in [0.3, 0.4) is 0 Å². The number of aliphatic hydroxyl groups is 1. The van der Waals surface area contributed by atoms with Crippen molar-refractivity contribution in [3.8, 4) is 0 Å². The fourth-order valence-electron chi connectivity index (χ4n) is 4.44. The highest BCUT2D eigenvalue weighted by molar-refractivity contribution is 6.30. The summed E-state index contributed by atoms with van der Waals surface area (Å²) in [6, 6.07) is 0. The van der Waals surface area contributed by atoms with Gasteiger partial charge in [0.1, 0.15) is 17.5 Å². The summed E-state index contributed by atoms with van der Waals surface area (Å²) in [7, 11) is 0. The first-order valence-electron chi connectivity index (χ1n) is 10.3. The van der Waals surface area contributed by atoms with Gasteiger partial charge in [0, 0.05) is 24.5 Å². The van der Waals surface area contributed by atoms with Crippen LogP contribution in [0.1, 0.15) is 80.7 Å². The summed E-state index contributed by atoms with van der Waals surface area (Å²) in [5.74, 6) is -0.144. The van der Waals surface area contributed by atoms with E-state index in [0.29, 0.717) is 42.3 Å². The third kappa shape index (κ3) is 4.09. The highest BCUT2D eigenvalue weighted by atomic mass is 35.5. The standard InChI is InChI=1S/C22H29ClN2O3/c1-4-8-17(25-28-5-2)21-18(26)11-14(12-19(21)27)20-16-10-7-6-9-15(16)13(3)24-22(20)23/h14,26H,4-12H2,1-3H3. The monoisotopic (exact) mass is 404 g/mol. The number of aryl methyl sites for hydroxylation is 1. The van der Waals surface area contributed by atoms with Gasteiger partial charge < -0.3 is 9.94 Å². The maximum absolute atomic E-state index is 13.0. The number of fused-ring (bicyclic) bond motifs is 1. The number of aliphatic hydroxyl groups excluding tert-OH is 1. The number of ketones is 1. The van der Waals surface area contributed by atoms with E-state index in [1.807, 2.05) is 20.8 Å². The van der Waals surface area contributed by atoms with Crippen LogP contribution in [0, 0.1) is 6.92 Å². The average Bonchev–Trinajstić information content (AvgIpc) is 2.65. The quantitative estimate of drug-likeness (QED) is 0.393. The van der Waals surface area contributed by atoms with Gasteiger partial charge in [-0.1, -0.05) is 30.1 Å². The molecule has 152 valence electrons. The Balaban J connectivity index is 1.99. The number of halogens is 1. The molecule has 0 bridgehead atoms. The summed E-state index contributed by atoms with van der Waals surface area (Å²) < 4.78 is 0. The Kier molecular flexibility index (Phi) is 6.76. The van der Waals surface area contributed by atoms with Gasteiger partial charge in [0.15, 0.2) is 5.78 Å². The molecule has 5 nitrogen and oxygen atoms in total. The van der Waals surface area contributed by atoms with Crippen molar-refractivity contribution in [2.45, 2.75) is 78.1 Å². The van der Waals surface area contributed by atoms with Crippen LogP contribution in [0.15, 0.2) is 16.5 Å². The zero-order valence-electron chi connectivity index (χ0n) is 17.0. The maximum atomic E-state index is 13.0. The summed E-state index contributed by atoms with van der Waals surface area (Å²) in [6.07, 6.45) is 6.35. The number of carbonyl (C=O) groups is 1. The Bertz CT molecular complexity index is 830. The van der Waals surface area contributed by atoms with Crippen molar-refractivity contribution in [3.63, 3.8) is 0 Å². The molecule has 0 aromatic carbocycles. The van der Waals surface area contributed by atoms with Crippen molar-refractivity contribution in [2.75, 3.05) is 6.61 Å². The first-order chi connectivity index (χ1) is 13.5. The van der Waals surface area contributed by atoms with Crippen molar-refractivity contribution < 1.29 is 14.7 Å². The minimum atomic E-state index is -0.140. The molecule has 1 aromatic heterocycles. The van der Waals surface area contributed by atoms with Crippen molar-refractivity contribution in [1.82, 2.24) is 4.98 Å². The number of aromatic nitrogens is 1. The van der Waals surface area contributed by atoms with Crippen LogP contribution in [-0.4, -0.2) is 28.2 Å². The van der Waals surface area contributed by atoms with Crippen molar-refractivity contribution in [2.24, 2.45) is 5.16 Å². The van der Waals surface area contributed by atoms with Crippen LogP contribution < -0.4 is 0 Å². The molecule has 0 amide bonds. The number of oxime groups is 1. The Morgan fingerprint density at radius 2 is 1.96 bits per heavy atom. The molecule has 1 heterocycles. The predicted molar refractivity (Wildman–Crippen MR) is 111 cm³/mol. The van der Waals surface area contributed by atoms with Crippen LogP contribution in [0.4, 0.5) is 0 Å². The number of hydrogen-bond acceptors (Lipinski definition) is 5. The molecular weight excluding hydrogens is 376 g/mol. The molecule has 0 fully saturated rings. The van der Waals surface area contributed by atoms with Crippen molar-refractivity contribution in [1.29, 1.82) is 0 Å². The van der Waals surface area contributed by atoms with Gasteiger partial charge in [0.25, 0.3) is 0 Å². The zero-order chi connectivity index (χ0) is 20.3. The fraction of sp³-hybridized carbons (Fsp3) is 0.591.